The second kappa shape index (κ2) is 51.4. The van der Waals surface area contributed by atoms with Gasteiger partial charge in [-0.05, 0) is 131 Å². The number of phenols is 2. The molecule has 15 unspecified atom stereocenters. The number of carbonyl (C=O) groups is 1. The van der Waals surface area contributed by atoms with Crippen LogP contribution in [0.3, 0.4) is 0 Å². The van der Waals surface area contributed by atoms with Crippen molar-refractivity contribution >= 4 is 69.8 Å². The van der Waals surface area contributed by atoms with Crippen molar-refractivity contribution < 1.29 is 143 Å². The van der Waals surface area contributed by atoms with Crippen LogP contribution in [0, 0.1) is 0 Å². The van der Waals surface area contributed by atoms with Crippen molar-refractivity contribution in [2.24, 2.45) is 68.8 Å². The second-order valence-corrected chi connectivity index (χ2v) is 40.3. The molecular weight excluding hydrogens is 1920 g/mol. The van der Waals surface area contributed by atoms with E-state index in [4.69, 9.17) is 160 Å². The van der Waals surface area contributed by atoms with Gasteiger partial charge in [0, 0.05) is 141 Å². The van der Waals surface area contributed by atoms with E-state index < -0.39 is 250 Å². The standard InChI is InChI=1S/C88H145N19O29S4/c1-37(102-19-24-139-35-55-75(132-82-59(99)69(118)65(114)53(33-91)126-82)71(120)84(128-55)134-77-61(110)45(93)28-47(95)73(77)130-80-57(97)67(116)63(112)51(31-89)124-80)101-16-4-6-22-107(21-5-2-3-17-104-87(138)106-39-10-8-38(9-11-39)42-30-88(136-79(42)122)43-14-12-40(108)26-49(43)123-50-27-41(109)13-15-44(50)88)23-7-18-103-86(137)105-20-25-140-36-56-76(133-83-60(100)70(119)66(115)54(34-92)127-83)72(121)85(129-56)135-78-62(111)46(94)29-48(96)74(78)131-81-58(98)68(117)64(113)52(32-90)125-81/h8-15,26-27,42,45-48,51-78,80-85,101-102,108-121H,1-7,16-25,28-36,89-100H2,(H2,103,105,137)(H2,104,106,138)/t42?,45-,46-,47?,48?,51?,52?,53+,54+,55-,56-,57?,58?,59?,60?,61?,62?,63-,64-,65-,66-,67-,68-,69?,70?,71+,72+,73-,74-,75+,76+,77-,78-,80-,81+,82-,83-,84?,85?/m1/s1. The quantitative estimate of drug-likeness (QED) is 0.0142. The van der Waals surface area contributed by atoms with Crippen molar-refractivity contribution in [3.63, 3.8) is 0 Å². The Morgan fingerprint density at radius 1 is 0.414 bits per heavy atom. The molecule has 44 N–H and O–H groups in total. The summed E-state index contributed by atoms with van der Waals surface area (Å²) in [6.45, 7) is 8.22. The highest BCUT2D eigenvalue weighted by Gasteiger charge is 2.60. The average Bonchev–Trinajstić information content (AvgIpc) is 1.30. The molecule has 10 aliphatic rings. The van der Waals surface area contributed by atoms with E-state index >= 15 is 0 Å². The molecule has 0 aromatic heterocycles. The number of benzene rings is 3. The second-order valence-electron chi connectivity index (χ2n) is 37.2. The van der Waals surface area contributed by atoms with Crippen molar-refractivity contribution in [2.45, 2.75) is 302 Å². The normalized spacial score (nSPS) is 38.5. The third-order valence-corrected chi connectivity index (χ3v) is 30.0. The lowest BCUT2D eigenvalue weighted by molar-refractivity contribution is -0.306. The first-order valence-corrected chi connectivity index (χ1v) is 50.8. The van der Waals surface area contributed by atoms with Crippen LogP contribution < -0.4 is 105 Å². The summed E-state index contributed by atoms with van der Waals surface area (Å²) in [5.74, 6) is 1.35. The number of carbonyl (C=O) groups excluding carboxylic acids is 1. The van der Waals surface area contributed by atoms with Gasteiger partial charge < -0.3 is 243 Å². The highest BCUT2D eigenvalue weighted by Crippen LogP contribution is 2.58. The van der Waals surface area contributed by atoms with Crippen LogP contribution in [0.4, 0.5) is 5.69 Å². The predicted molar refractivity (Wildman–Crippen MR) is 516 cm³/mol. The van der Waals surface area contributed by atoms with E-state index in [-0.39, 0.29) is 68.4 Å². The molecule has 3 aromatic carbocycles. The lowest BCUT2D eigenvalue weighted by Crippen LogP contribution is -2.68. The number of phenolic OH excluding ortho intramolecular Hbond substituents is 2. The van der Waals surface area contributed by atoms with Gasteiger partial charge in [0.1, 0.15) is 145 Å². The van der Waals surface area contributed by atoms with E-state index in [1.54, 1.807) is 12.1 Å². The van der Waals surface area contributed by atoms with Crippen molar-refractivity contribution in [2.75, 3.05) is 107 Å². The van der Waals surface area contributed by atoms with Gasteiger partial charge in [-0.25, -0.2) is 0 Å². The van der Waals surface area contributed by atoms with E-state index in [1.165, 1.54) is 47.8 Å². The monoisotopic (exact) mass is 2060 g/mol. The number of hydrogen-bond donors (Lipinski definition) is 32. The number of nitrogens with two attached hydrogens (primary N) is 12. The first-order chi connectivity index (χ1) is 67.0. The molecule has 3 aromatic rings. The fourth-order valence-corrected chi connectivity index (χ4v) is 21.5. The Morgan fingerprint density at radius 2 is 0.779 bits per heavy atom. The maximum absolute atomic E-state index is 13.8. The Balaban J connectivity index is 0.584. The number of rotatable bonds is 45. The molecule has 0 radical (unpaired) electrons. The van der Waals surface area contributed by atoms with Crippen LogP contribution in [0.2, 0.25) is 0 Å². The Kier molecular flexibility index (Phi) is 41.0. The van der Waals surface area contributed by atoms with Gasteiger partial charge in [-0.3, -0.25) is 4.79 Å². The van der Waals surface area contributed by atoms with Crippen LogP contribution in [0.5, 0.6) is 23.0 Å². The van der Waals surface area contributed by atoms with Gasteiger partial charge >= 0.3 is 5.97 Å². The first kappa shape index (κ1) is 112. The number of hydrogen-bond acceptors (Lipinski definition) is 48. The fraction of sp³-hybridized carbons (Fsp3) is 0.739. The summed E-state index contributed by atoms with van der Waals surface area (Å²) >= 11 is 14.3. The third-order valence-electron chi connectivity index (χ3n) is 27.3. The van der Waals surface area contributed by atoms with Crippen LogP contribution >= 0.6 is 48.0 Å². The van der Waals surface area contributed by atoms with E-state index in [9.17, 15) is 76.3 Å². The van der Waals surface area contributed by atoms with Gasteiger partial charge in [-0.15, -0.1) is 0 Å². The number of nitrogens with one attached hydrogen (secondary N) is 6. The number of thiocarbonyl (C=S) groups is 2. The van der Waals surface area contributed by atoms with Crippen LogP contribution in [0.15, 0.2) is 73.1 Å². The molecule has 7 saturated heterocycles. The van der Waals surface area contributed by atoms with Crippen LogP contribution in [-0.4, -0.2) is 427 Å². The summed E-state index contributed by atoms with van der Waals surface area (Å²) in [7, 11) is 0. The Bertz CT molecular complexity index is 4380. The number of ether oxygens (including phenoxy) is 14. The fourth-order valence-electron chi connectivity index (χ4n) is 19.2. The summed E-state index contributed by atoms with van der Waals surface area (Å²) in [6, 6.07) is 7.80. The Labute approximate surface area is 829 Å². The maximum Gasteiger partial charge on any atom is 0.314 e. The van der Waals surface area contributed by atoms with Gasteiger partial charge in [-0.1, -0.05) is 25.1 Å². The molecule has 9 fully saturated rings. The Morgan fingerprint density at radius 3 is 1.22 bits per heavy atom. The number of aromatic hydroxyl groups is 2. The number of nitrogens with zero attached hydrogens (tertiary/aromatic N) is 1. The number of thioether (sulfide) groups is 2. The zero-order valence-corrected chi connectivity index (χ0v) is 80.8. The summed E-state index contributed by atoms with van der Waals surface area (Å²) < 4.78 is 86.6. The number of aliphatic hydroxyl groups excluding tert-OH is 12. The average molecular weight is 2060 g/mol. The molecule has 140 heavy (non-hydrogen) atoms. The zero-order chi connectivity index (χ0) is 101. The molecule has 48 nitrogen and oxygen atoms in total. The van der Waals surface area contributed by atoms with Gasteiger partial charge in [-0.2, -0.15) is 23.5 Å². The minimum atomic E-state index is -1.63. The minimum absolute atomic E-state index is 0.0310. The lowest BCUT2D eigenvalue weighted by Gasteiger charge is -2.47. The summed E-state index contributed by atoms with van der Waals surface area (Å²) in [4.78, 5) is 16.2. The smallest absolute Gasteiger partial charge is 0.314 e. The summed E-state index contributed by atoms with van der Waals surface area (Å²) in [6.07, 6.45) is -35.5. The topological polar surface area (TPSA) is 817 Å². The van der Waals surface area contributed by atoms with E-state index in [0.717, 1.165) is 63.7 Å². The third kappa shape index (κ3) is 26.8. The molecule has 8 aliphatic heterocycles. The van der Waals surface area contributed by atoms with E-state index in [1.807, 2.05) is 24.3 Å². The molecule has 2 aliphatic carbocycles. The van der Waals surface area contributed by atoms with Crippen LogP contribution in [0.1, 0.15) is 80.4 Å². The minimum Gasteiger partial charge on any atom is -0.508 e. The number of aliphatic hydroxyl groups is 12. The highest BCUT2D eigenvalue weighted by molar-refractivity contribution is 7.99. The first-order valence-electron chi connectivity index (χ1n) is 47.6. The van der Waals surface area contributed by atoms with Crippen LogP contribution in [-0.2, 0) is 72.0 Å². The number of anilines is 1. The van der Waals surface area contributed by atoms with Crippen LogP contribution in [0.25, 0.3) is 0 Å². The largest absolute Gasteiger partial charge is 0.508 e. The van der Waals surface area contributed by atoms with E-state index in [0.29, 0.717) is 88.6 Å². The van der Waals surface area contributed by atoms with Gasteiger partial charge in [0.2, 0.25) is 0 Å². The van der Waals surface area contributed by atoms with Crippen molar-refractivity contribution in [1.82, 2.24) is 31.5 Å². The molecular formula is C88H145N19O29S4. The number of unbranched alkanes of at least 4 members (excludes halogenated alkanes) is 3. The van der Waals surface area contributed by atoms with Gasteiger partial charge in [0.25, 0.3) is 0 Å². The van der Waals surface area contributed by atoms with Gasteiger partial charge in [0.15, 0.2) is 53.6 Å². The summed E-state index contributed by atoms with van der Waals surface area (Å²) in [5, 5.41) is 175. The van der Waals surface area contributed by atoms with Crippen molar-refractivity contribution in [3.8, 4) is 23.0 Å². The molecule has 13 rings (SSSR count). The molecule has 0 bridgehead atoms. The van der Waals surface area contributed by atoms with Crippen molar-refractivity contribution in [3.05, 3.63) is 89.8 Å². The molecule has 790 valence electrons. The summed E-state index contributed by atoms with van der Waals surface area (Å²) in [5.41, 5.74) is 76.0. The SMILES string of the molecule is C=C(NCCCCN(CCCCCNC(=S)Nc1ccc(C2CC3(OC2=O)c2ccc(O)cc2Oc2cc(O)ccc23)cc1)CCCNC(=S)NCCSC[C@H]1OC(O[C@@H]2C(O)[C@H](N)CC(N)[C@H]2O[C@@H]2OC(CN)[C@@H](O)[C@H](O)C2N)[C@@H](O)[C@H]1O[C@H]1O[C@@H](CN)[C@@H](O)C(O)C1N)NCCSC[C@H]1OC(O[C@@H]2C(O)[C@H](N)CC(N)[C@H]2O[C@H]2OC(CN)[C@@H](O)[C@H](O)C2N)[C@@H](O)[C@H]1O[C@H]1O[C@@H](CN)[C@@H](O)C(O)C1N. The molecule has 0 amide bonds. The number of fused-ring (bicyclic) bond motifs is 4. The molecule has 39 atom stereocenters. The molecule has 2 saturated carbocycles. The number of esters is 1. The Hall–Kier alpha value is -5.53. The van der Waals surface area contributed by atoms with E-state index in [2.05, 4.69) is 43.4 Å². The maximum atomic E-state index is 13.8. The molecule has 8 heterocycles. The molecule has 52 heteroatoms. The molecule has 1 spiro atoms. The zero-order valence-electron chi connectivity index (χ0n) is 77.6. The predicted octanol–water partition coefficient (Wildman–Crippen LogP) is -10.1. The lowest BCUT2D eigenvalue weighted by atomic mass is 9.77. The van der Waals surface area contributed by atoms with Crippen molar-refractivity contribution in [1.29, 1.82) is 0 Å². The highest BCUT2D eigenvalue weighted by atomic mass is 32.2. The van der Waals surface area contributed by atoms with Gasteiger partial charge in [0.05, 0.1) is 60.3 Å².